The van der Waals surface area contributed by atoms with Crippen LogP contribution < -0.4 is 199 Å². The predicted molar refractivity (Wildman–Crippen MR) is 30.3 cm³/mol. The molecule has 0 rings (SSSR count). The van der Waals surface area contributed by atoms with Gasteiger partial charge in [-0.15, -0.1) is 0 Å². The van der Waals surface area contributed by atoms with Crippen LogP contribution in [-0.4, -0.2) is 28.6 Å². The van der Waals surface area contributed by atoms with Crippen LogP contribution in [0, 0.1) is 0 Å². The molecule has 11 heteroatoms. The monoisotopic (exact) mass is 330 g/mol. The Kier molecular flexibility index (Phi) is 32.3. The SMILES string of the molecule is O=C([O-])CC(O)(CC(=O)[O-])C(=O)[O-].[H-].[K+].[K+].[K+].[Na+]. The average Bonchev–Trinajstić information content (AvgIpc) is 1.82. The Bertz CT molecular complexity index is 250. The van der Waals surface area contributed by atoms with Gasteiger partial charge in [-0.1, -0.05) is 0 Å². The van der Waals surface area contributed by atoms with Gasteiger partial charge in [-0.2, -0.15) is 0 Å². The summed E-state index contributed by atoms with van der Waals surface area (Å²) >= 11 is 0. The number of carboxylic acids is 3. The second kappa shape index (κ2) is 16.6. The van der Waals surface area contributed by atoms with E-state index in [1.807, 2.05) is 0 Å². The molecule has 0 fully saturated rings. The van der Waals surface area contributed by atoms with E-state index in [0.717, 1.165) is 0 Å². The third-order valence-corrected chi connectivity index (χ3v) is 1.25. The zero-order valence-electron chi connectivity index (χ0n) is 11.3. The standard InChI is InChI=1S/C6H8O7.3K.Na.H/c7-3(8)1-6(13,5(11)12)2-4(9)10;;;;;/h13H,1-2H2,(H,7,8)(H,9,10)(H,11,12);;;;;/q;4*+1;-1/p-3. The van der Waals surface area contributed by atoms with Gasteiger partial charge in [-0.05, 0) is 0 Å². The maximum absolute atomic E-state index is 10.1. The zero-order valence-corrected chi connectivity index (χ0v) is 21.7. The quantitative estimate of drug-likeness (QED) is 0.493. The van der Waals surface area contributed by atoms with Gasteiger partial charge in [0.25, 0.3) is 0 Å². The molecule has 0 aromatic carbocycles. The van der Waals surface area contributed by atoms with Gasteiger partial charge in [0, 0.05) is 24.8 Å². The van der Waals surface area contributed by atoms with Crippen LogP contribution in [0.15, 0.2) is 0 Å². The minimum Gasteiger partial charge on any atom is -1.00 e. The van der Waals surface area contributed by atoms with Gasteiger partial charge in [0.1, 0.15) is 5.60 Å². The number of carbonyl (C=O) groups excluding carboxylic acids is 3. The summed E-state index contributed by atoms with van der Waals surface area (Å²) in [5.41, 5.74) is -2.97. The first-order valence-electron chi connectivity index (χ1n) is 3.11. The molecular weight excluding hydrogens is 324 g/mol. The number of hydrogen-bond acceptors (Lipinski definition) is 7. The maximum atomic E-state index is 10.1. The molecule has 0 aromatic rings. The Morgan fingerprint density at radius 3 is 1.29 bits per heavy atom. The molecule has 0 atom stereocenters. The topological polar surface area (TPSA) is 141 Å². The van der Waals surface area contributed by atoms with Gasteiger partial charge in [-0.3, -0.25) is 0 Å². The van der Waals surface area contributed by atoms with Gasteiger partial charge < -0.3 is 36.2 Å². The van der Waals surface area contributed by atoms with Crippen LogP contribution in [0.3, 0.4) is 0 Å². The first-order chi connectivity index (χ1) is 5.78. The summed E-state index contributed by atoms with van der Waals surface area (Å²) in [6.45, 7) is 0. The van der Waals surface area contributed by atoms with Gasteiger partial charge in [0.15, 0.2) is 0 Å². The van der Waals surface area contributed by atoms with Crippen molar-refractivity contribution in [2.75, 3.05) is 0 Å². The summed E-state index contributed by atoms with van der Waals surface area (Å²) < 4.78 is 0. The van der Waals surface area contributed by atoms with Gasteiger partial charge in [0.2, 0.25) is 0 Å². The normalized spacial score (nSPS) is 8.29. The maximum Gasteiger partial charge on any atom is 1.00 e. The van der Waals surface area contributed by atoms with Crippen LogP contribution in [0.1, 0.15) is 14.3 Å². The summed E-state index contributed by atoms with van der Waals surface area (Å²) in [7, 11) is 0. The smallest absolute Gasteiger partial charge is 1.00 e. The Labute approximate surface area is 249 Å². The third kappa shape index (κ3) is 16.5. The number of carboxylic acid groups (broad SMARTS) is 3. The van der Waals surface area contributed by atoms with Gasteiger partial charge >= 0.3 is 184 Å². The molecular formula is C6H6K3NaO7. The number of rotatable bonds is 5. The fraction of sp³-hybridized carbons (Fsp3) is 0.500. The van der Waals surface area contributed by atoms with E-state index in [0.29, 0.717) is 0 Å². The first-order valence-corrected chi connectivity index (χ1v) is 3.11. The molecule has 0 aliphatic carbocycles. The van der Waals surface area contributed by atoms with Crippen molar-refractivity contribution >= 4 is 17.9 Å². The molecule has 0 bridgehead atoms. The molecule has 0 aliphatic rings. The predicted octanol–water partition coefficient (Wildman–Crippen LogP) is -17.1. The fourth-order valence-corrected chi connectivity index (χ4v) is 0.684. The molecule has 17 heavy (non-hydrogen) atoms. The van der Waals surface area contributed by atoms with Gasteiger partial charge in [0.05, 0.1) is 5.97 Å². The molecule has 0 saturated carbocycles. The second-order valence-electron chi connectivity index (χ2n) is 2.42. The summed E-state index contributed by atoms with van der Waals surface area (Å²) in [5, 5.41) is 38.9. The van der Waals surface area contributed by atoms with E-state index in [1.54, 1.807) is 0 Å². The summed E-state index contributed by atoms with van der Waals surface area (Å²) in [6.07, 6.45) is -2.72. The van der Waals surface area contributed by atoms with Crippen molar-refractivity contribution in [3.05, 3.63) is 0 Å². The molecule has 0 saturated heterocycles. The summed E-state index contributed by atoms with van der Waals surface area (Å²) in [6, 6.07) is 0. The molecule has 0 spiro atoms. The Hall–Kier alpha value is 4.28. The van der Waals surface area contributed by atoms with E-state index in [-0.39, 0.29) is 185 Å². The number of hydrogen-bond donors (Lipinski definition) is 1. The molecule has 76 valence electrons. The van der Waals surface area contributed by atoms with E-state index in [2.05, 4.69) is 0 Å². The molecule has 0 aliphatic heterocycles. The van der Waals surface area contributed by atoms with E-state index in [9.17, 15) is 29.7 Å². The van der Waals surface area contributed by atoms with Gasteiger partial charge in [-0.25, -0.2) is 0 Å². The van der Waals surface area contributed by atoms with Crippen molar-refractivity contribution in [3.63, 3.8) is 0 Å². The molecule has 7 nitrogen and oxygen atoms in total. The van der Waals surface area contributed by atoms with Crippen molar-refractivity contribution < 1.29 is 220 Å². The largest absolute Gasteiger partial charge is 1.00 e. The van der Waals surface area contributed by atoms with Crippen molar-refractivity contribution in [2.24, 2.45) is 0 Å². The molecule has 0 heterocycles. The fourth-order valence-electron chi connectivity index (χ4n) is 0.684. The zero-order chi connectivity index (χ0) is 10.6. The van der Waals surface area contributed by atoms with Crippen LogP contribution in [0.2, 0.25) is 0 Å². The van der Waals surface area contributed by atoms with Crippen molar-refractivity contribution in [1.29, 1.82) is 0 Å². The van der Waals surface area contributed by atoms with E-state index < -0.39 is 36.4 Å². The molecule has 0 aromatic heterocycles. The van der Waals surface area contributed by atoms with Crippen LogP contribution >= 0.6 is 0 Å². The first kappa shape index (κ1) is 33.0. The Morgan fingerprint density at radius 1 is 0.941 bits per heavy atom. The van der Waals surface area contributed by atoms with Crippen molar-refractivity contribution in [2.45, 2.75) is 18.4 Å². The van der Waals surface area contributed by atoms with Crippen LogP contribution in [0.4, 0.5) is 0 Å². The van der Waals surface area contributed by atoms with Crippen molar-refractivity contribution in [3.8, 4) is 0 Å². The third-order valence-electron chi connectivity index (χ3n) is 1.25. The Balaban J connectivity index is -0.0000000720. The molecule has 0 unspecified atom stereocenters. The second-order valence-corrected chi connectivity index (χ2v) is 2.42. The number of carbonyl (C=O) groups is 3. The van der Waals surface area contributed by atoms with Crippen LogP contribution in [0.5, 0.6) is 0 Å². The molecule has 0 amide bonds. The minimum atomic E-state index is -2.97. The van der Waals surface area contributed by atoms with E-state index >= 15 is 0 Å². The Morgan fingerprint density at radius 2 is 1.18 bits per heavy atom. The minimum absolute atomic E-state index is 0. The van der Waals surface area contributed by atoms with Crippen LogP contribution in [-0.2, 0) is 14.4 Å². The molecule has 0 radical (unpaired) electrons. The summed E-state index contributed by atoms with van der Waals surface area (Å²) in [5.74, 6) is -5.98. The summed E-state index contributed by atoms with van der Waals surface area (Å²) in [4.78, 5) is 30.0. The van der Waals surface area contributed by atoms with E-state index in [4.69, 9.17) is 5.11 Å². The van der Waals surface area contributed by atoms with Crippen molar-refractivity contribution in [1.82, 2.24) is 0 Å². The molecule has 1 N–H and O–H groups in total. The average molecular weight is 330 g/mol. The number of aliphatic hydroxyl groups is 1. The van der Waals surface area contributed by atoms with E-state index in [1.165, 1.54) is 0 Å². The van der Waals surface area contributed by atoms with Crippen LogP contribution in [0.25, 0.3) is 0 Å². The number of aliphatic carboxylic acids is 3.